The molecule has 0 aromatic rings. The molecular formula is C7H15N3O3S. The first-order chi connectivity index (χ1) is 6.45. The van der Waals surface area contributed by atoms with Gasteiger partial charge in [-0.25, -0.2) is 13.1 Å². The van der Waals surface area contributed by atoms with Crippen LogP contribution in [0.2, 0.25) is 0 Å². The van der Waals surface area contributed by atoms with Crippen molar-refractivity contribution in [1.29, 1.82) is 0 Å². The van der Waals surface area contributed by atoms with E-state index in [0.717, 1.165) is 0 Å². The maximum atomic E-state index is 11.5. The fraction of sp³-hybridized carbons (Fsp3) is 0.857. The van der Waals surface area contributed by atoms with Crippen molar-refractivity contribution in [3.63, 3.8) is 0 Å². The Morgan fingerprint density at radius 1 is 1.71 bits per heavy atom. The summed E-state index contributed by atoms with van der Waals surface area (Å²) in [7, 11) is -3.38. The molecule has 7 heteroatoms. The molecule has 4 N–H and O–H groups in total. The van der Waals surface area contributed by atoms with E-state index in [1.807, 2.05) is 0 Å². The van der Waals surface area contributed by atoms with Crippen LogP contribution >= 0.6 is 0 Å². The molecule has 1 rings (SSSR count). The molecule has 0 saturated carbocycles. The predicted octanol–water partition coefficient (Wildman–Crippen LogP) is -1.86. The smallest absolute Gasteiger partial charge is 0.221 e. The molecule has 0 radical (unpaired) electrons. The molecule has 82 valence electrons. The molecule has 1 aliphatic rings. The minimum absolute atomic E-state index is 0.0728. The Kier molecular flexibility index (Phi) is 3.46. The van der Waals surface area contributed by atoms with Crippen LogP contribution in [0.5, 0.6) is 0 Å². The van der Waals surface area contributed by atoms with E-state index in [2.05, 4.69) is 10.0 Å². The minimum Gasteiger partial charge on any atom is -0.354 e. The number of nitrogens with two attached hydrogens (primary N) is 1. The fourth-order valence-electron chi connectivity index (χ4n) is 1.16. The SMILES string of the molecule is CC(CN)S(=O)(=O)NC1CNC(=O)C1. The van der Waals surface area contributed by atoms with Crippen molar-refractivity contribution in [3.05, 3.63) is 0 Å². The molecule has 1 fully saturated rings. The number of rotatable bonds is 4. The third kappa shape index (κ3) is 2.66. The summed E-state index contributed by atoms with van der Waals surface area (Å²) in [6.45, 7) is 1.96. The average molecular weight is 221 g/mol. The Bertz CT molecular complexity index is 314. The summed E-state index contributed by atoms with van der Waals surface area (Å²) < 4.78 is 25.4. The van der Waals surface area contributed by atoms with E-state index in [0.29, 0.717) is 6.54 Å². The van der Waals surface area contributed by atoms with Gasteiger partial charge in [-0.2, -0.15) is 0 Å². The van der Waals surface area contributed by atoms with E-state index in [-0.39, 0.29) is 24.9 Å². The maximum Gasteiger partial charge on any atom is 0.221 e. The normalized spacial score (nSPS) is 24.7. The molecule has 1 heterocycles. The number of hydrogen-bond acceptors (Lipinski definition) is 4. The highest BCUT2D eigenvalue weighted by molar-refractivity contribution is 7.90. The molecule has 14 heavy (non-hydrogen) atoms. The summed E-state index contributed by atoms with van der Waals surface area (Å²) in [5, 5.41) is 1.93. The van der Waals surface area contributed by atoms with Crippen molar-refractivity contribution in [1.82, 2.24) is 10.0 Å². The number of amides is 1. The number of carbonyl (C=O) groups excluding carboxylic acids is 1. The highest BCUT2D eigenvalue weighted by Crippen LogP contribution is 2.04. The molecule has 1 amide bonds. The van der Waals surface area contributed by atoms with Crippen LogP contribution in [-0.4, -0.2) is 38.7 Å². The molecule has 0 aliphatic carbocycles. The first kappa shape index (κ1) is 11.4. The summed E-state index contributed by atoms with van der Waals surface area (Å²) in [5.74, 6) is -0.127. The van der Waals surface area contributed by atoms with Gasteiger partial charge in [0.25, 0.3) is 0 Å². The molecular weight excluding hydrogens is 206 g/mol. The van der Waals surface area contributed by atoms with Crippen LogP contribution in [0.4, 0.5) is 0 Å². The van der Waals surface area contributed by atoms with Crippen LogP contribution in [0.25, 0.3) is 0 Å². The first-order valence-corrected chi connectivity index (χ1v) is 5.98. The van der Waals surface area contributed by atoms with Gasteiger partial charge in [0.15, 0.2) is 0 Å². The molecule has 0 aromatic heterocycles. The molecule has 1 aliphatic heterocycles. The molecule has 0 spiro atoms. The lowest BCUT2D eigenvalue weighted by Gasteiger charge is -2.15. The van der Waals surface area contributed by atoms with Gasteiger partial charge in [0, 0.05) is 25.6 Å². The van der Waals surface area contributed by atoms with Gasteiger partial charge in [0.1, 0.15) is 0 Å². The Morgan fingerprint density at radius 2 is 2.36 bits per heavy atom. The molecule has 1 saturated heterocycles. The van der Waals surface area contributed by atoms with E-state index >= 15 is 0 Å². The Balaban J connectivity index is 2.55. The molecule has 6 nitrogen and oxygen atoms in total. The molecule has 2 unspecified atom stereocenters. The van der Waals surface area contributed by atoms with Crippen LogP contribution in [-0.2, 0) is 14.8 Å². The average Bonchev–Trinajstić information content (AvgIpc) is 2.48. The van der Waals surface area contributed by atoms with E-state index in [9.17, 15) is 13.2 Å². The second-order valence-electron chi connectivity index (χ2n) is 3.41. The summed E-state index contributed by atoms with van der Waals surface area (Å²) in [5.41, 5.74) is 5.26. The Hall–Kier alpha value is -0.660. The van der Waals surface area contributed by atoms with Crippen molar-refractivity contribution in [3.8, 4) is 0 Å². The number of hydrogen-bond donors (Lipinski definition) is 3. The largest absolute Gasteiger partial charge is 0.354 e. The lowest BCUT2D eigenvalue weighted by molar-refractivity contribution is -0.119. The zero-order chi connectivity index (χ0) is 10.8. The molecule has 0 bridgehead atoms. The van der Waals surface area contributed by atoms with E-state index in [4.69, 9.17) is 5.73 Å². The predicted molar refractivity (Wildman–Crippen MR) is 52.0 cm³/mol. The van der Waals surface area contributed by atoms with Gasteiger partial charge < -0.3 is 11.1 Å². The van der Waals surface area contributed by atoms with Crippen molar-refractivity contribution < 1.29 is 13.2 Å². The maximum absolute atomic E-state index is 11.5. The van der Waals surface area contributed by atoms with Gasteiger partial charge in [-0.1, -0.05) is 0 Å². The van der Waals surface area contributed by atoms with E-state index < -0.39 is 15.3 Å². The van der Waals surface area contributed by atoms with Gasteiger partial charge in [0.2, 0.25) is 15.9 Å². The van der Waals surface area contributed by atoms with Crippen LogP contribution in [0.3, 0.4) is 0 Å². The zero-order valence-corrected chi connectivity index (χ0v) is 8.80. The van der Waals surface area contributed by atoms with E-state index in [1.165, 1.54) is 6.92 Å². The molecule has 0 aromatic carbocycles. The monoisotopic (exact) mass is 221 g/mol. The van der Waals surface area contributed by atoms with Crippen molar-refractivity contribution in [2.24, 2.45) is 5.73 Å². The van der Waals surface area contributed by atoms with Crippen molar-refractivity contribution in [2.75, 3.05) is 13.1 Å². The second kappa shape index (κ2) is 4.24. The van der Waals surface area contributed by atoms with Gasteiger partial charge in [0.05, 0.1) is 5.25 Å². The summed E-state index contributed by atoms with van der Waals surface area (Å²) in [6, 6.07) is -0.332. The van der Waals surface area contributed by atoms with Crippen LogP contribution in [0.1, 0.15) is 13.3 Å². The number of nitrogens with one attached hydrogen (secondary N) is 2. The van der Waals surface area contributed by atoms with Crippen molar-refractivity contribution >= 4 is 15.9 Å². The van der Waals surface area contributed by atoms with E-state index in [1.54, 1.807) is 0 Å². The van der Waals surface area contributed by atoms with Gasteiger partial charge in [-0.05, 0) is 6.92 Å². The first-order valence-electron chi connectivity index (χ1n) is 4.43. The van der Waals surface area contributed by atoms with Gasteiger partial charge in [-0.15, -0.1) is 0 Å². The quantitative estimate of drug-likeness (QED) is 0.518. The standard InChI is InChI=1S/C7H15N3O3S/c1-5(3-8)14(12,13)10-6-2-7(11)9-4-6/h5-6,10H,2-4,8H2,1H3,(H,9,11). The van der Waals surface area contributed by atoms with Crippen LogP contribution < -0.4 is 15.8 Å². The summed E-state index contributed by atoms with van der Waals surface area (Å²) in [6.07, 6.45) is 0.205. The lowest BCUT2D eigenvalue weighted by atomic mass is 10.3. The van der Waals surface area contributed by atoms with Crippen molar-refractivity contribution in [2.45, 2.75) is 24.6 Å². The minimum atomic E-state index is -3.38. The number of carbonyl (C=O) groups is 1. The number of sulfonamides is 1. The van der Waals surface area contributed by atoms with Gasteiger partial charge in [-0.3, -0.25) is 4.79 Å². The zero-order valence-electron chi connectivity index (χ0n) is 7.99. The Labute approximate surface area is 83.3 Å². The third-order valence-corrected chi connectivity index (χ3v) is 4.08. The Morgan fingerprint density at radius 3 is 2.79 bits per heavy atom. The highest BCUT2D eigenvalue weighted by atomic mass is 32.2. The lowest BCUT2D eigenvalue weighted by Crippen LogP contribution is -2.43. The van der Waals surface area contributed by atoms with Crippen LogP contribution in [0, 0.1) is 0 Å². The highest BCUT2D eigenvalue weighted by Gasteiger charge is 2.28. The molecule has 2 atom stereocenters. The summed E-state index contributed by atoms with van der Waals surface area (Å²) >= 11 is 0. The summed E-state index contributed by atoms with van der Waals surface area (Å²) in [4.78, 5) is 10.8. The van der Waals surface area contributed by atoms with Crippen LogP contribution in [0.15, 0.2) is 0 Å². The third-order valence-electron chi connectivity index (χ3n) is 2.17. The fourth-order valence-corrected chi connectivity index (χ4v) is 2.28. The topological polar surface area (TPSA) is 101 Å². The second-order valence-corrected chi connectivity index (χ2v) is 5.54. The van der Waals surface area contributed by atoms with Gasteiger partial charge >= 0.3 is 0 Å².